The van der Waals surface area contributed by atoms with Crippen LogP contribution >= 0.6 is 11.3 Å². The van der Waals surface area contributed by atoms with E-state index in [0.29, 0.717) is 0 Å². The van der Waals surface area contributed by atoms with Crippen LogP contribution in [0.2, 0.25) is 0 Å². The zero-order chi connectivity index (χ0) is 10.7. The van der Waals surface area contributed by atoms with E-state index >= 15 is 0 Å². The van der Waals surface area contributed by atoms with Gasteiger partial charge in [0.25, 0.3) is 0 Å². The van der Waals surface area contributed by atoms with Gasteiger partial charge in [0, 0.05) is 10.8 Å². The Labute approximate surface area is 96.9 Å². The normalized spacial score (nSPS) is 18.3. The smallest absolute Gasteiger partial charge is 0.0961 e. The third-order valence-electron chi connectivity index (χ3n) is 3.35. The molecular formula is C13H21NS. The molecule has 1 saturated carbocycles. The van der Waals surface area contributed by atoms with Crippen molar-refractivity contribution in [1.29, 1.82) is 0 Å². The molecule has 2 heteroatoms. The third kappa shape index (κ3) is 2.60. The van der Waals surface area contributed by atoms with Gasteiger partial charge in [-0.3, -0.25) is 0 Å². The van der Waals surface area contributed by atoms with Crippen molar-refractivity contribution in [1.82, 2.24) is 4.98 Å². The van der Waals surface area contributed by atoms with Gasteiger partial charge in [0.1, 0.15) is 0 Å². The van der Waals surface area contributed by atoms with E-state index in [2.05, 4.69) is 13.8 Å². The Balaban J connectivity index is 2.10. The molecule has 1 aromatic rings. The molecule has 0 amide bonds. The molecule has 0 N–H and O–H groups in total. The first-order chi connectivity index (χ1) is 7.31. The number of aromatic nitrogens is 1. The monoisotopic (exact) mass is 223 g/mol. The van der Waals surface area contributed by atoms with E-state index in [4.69, 9.17) is 4.98 Å². The first-order valence-corrected chi connectivity index (χ1v) is 7.09. The van der Waals surface area contributed by atoms with Gasteiger partial charge >= 0.3 is 0 Å². The minimum Gasteiger partial charge on any atom is -0.246 e. The van der Waals surface area contributed by atoms with Crippen LogP contribution < -0.4 is 0 Å². The second kappa shape index (κ2) is 5.11. The fourth-order valence-electron chi connectivity index (χ4n) is 2.44. The molecule has 1 nitrogen and oxygen atoms in total. The summed E-state index contributed by atoms with van der Waals surface area (Å²) in [5.74, 6) is 0.785. The lowest BCUT2D eigenvalue weighted by atomic mass is 9.90. The molecule has 0 bridgehead atoms. The van der Waals surface area contributed by atoms with Gasteiger partial charge < -0.3 is 0 Å². The van der Waals surface area contributed by atoms with E-state index in [-0.39, 0.29) is 0 Å². The van der Waals surface area contributed by atoms with Crippen LogP contribution in [-0.4, -0.2) is 4.98 Å². The van der Waals surface area contributed by atoms with Crippen LogP contribution in [0, 0.1) is 6.92 Å². The molecule has 0 unspecified atom stereocenters. The van der Waals surface area contributed by atoms with Crippen LogP contribution in [0.15, 0.2) is 0 Å². The molecular weight excluding hydrogens is 202 g/mol. The summed E-state index contributed by atoms with van der Waals surface area (Å²) in [7, 11) is 0. The van der Waals surface area contributed by atoms with Crippen LogP contribution in [0.5, 0.6) is 0 Å². The number of aryl methyl sites for hydroxylation is 2. The van der Waals surface area contributed by atoms with Gasteiger partial charge in [-0.25, -0.2) is 4.98 Å². The quantitative estimate of drug-likeness (QED) is 0.737. The van der Waals surface area contributed by atoms with E-state index in [9.17, 15) is 0 Å². The molecule has 0 aliphatic heterocycles. The molecule has 1 aliphatic rings. The molecule has 15 heavy (non-hydrogen) atoms. The number of thiazole rings is 1. The Morgan fingerprint density at radius 3 is 2.67 bits per heavy atom. The fraction of sp³-hybridized carbons (Fsp3) is 0.769. The predicted octanol–water partition coefficient (Wildman–Crippen LogP) is 4.45. The molecule has 1 heterocycles. The maximum atomic E-state index is 4.84. The van der Waals surface area contributed by atoms with E-state index in [1.807, 2.05) is 11.3 Å². The van der Waals surface area contributed by atoms with Gasteiger partial charge in [-0.15, -0.1) is 11.3 Å². The molecule has 0 aromatic carbocycles. The highest BCUT2D eigenvalue weighted by Crippen LogP contribution is 2.35. The van der Waals surface area contributed by atoms with Crippen molar-refractivity contribution in [2.45, 2.75) is 64.7 Å². The van der Waals surface area contributed by atoms with Gasteiger partial charge in [-0.1, -0.05) is 32.6 Å². The zero-order valence-electron chi connectivity index (χ0n) is 9.88. The SMILES string of the molecule is CCCc1nc(C2CCCCC2)sc1C. The zero-order valence-corrected chi connectivity index (χ0v) is 10.7. The van der Waals surface area contributed by atoms with Gasteiger partial charge in [-0.2, -0.15) is 0 Å². The van der Waals surface area contributed by atoms with E-state index in [1.165, 1.54) is 54.1 Å². The summed E-state index contributed by atoms with van der Waals surface area (Å²) in [5.41, 5.74) is 1.36. The highest BCUT2D eigenvalue weighted by Gasteiger charge is 2.19. The summed E-state index contributed by atoms with van der Waals surface area (Å²) < 4.78 is 0. The van der Waals surface area contributed by atoms with E-state index in [0.717, 1.165) is 12.3 Å². The van der Waals surface area contributed by atoms with Crippen molar-refractivity contribution in [2.24, 2.45) is 0 Å². The van der Waals surface area contributed by atoms with Crippen LogP contribution in [-0.2, 0) is 6.42 Å². The molecule has 84 valence electrons. The highest BCUT2D eigenvalue weighted by atomic mass is 32.1. The van der Waals surface area contributed by atoms with Gasteiger partial charge in [0.15, 0.2) is 0 Å². The number of hydrogen-bond donors (Lipinski definition) is 0. The van der Waals surface area contributed by atoms with Crippen LogP contribution in [0.25, 0.3) is 0 Å². The molecule has 0 atom stereocenters. The second-order valence-corrected chi connectivity index (χ2v) is 5.87. The Hall–Kier alpha value is -0.370. The Morgan fingerprint density at radius 2 is 2.00 bits per heavy atom. The average Bonchev–Trinajstić information content (AvgIpc) is 2.63. The Kier molecular flexibility index (Phi) is 3.79. The molecule has 0 saturated heterocycles. The summed E-state index contributed by atoms with van der Waals surface area (Å²) in [6, 6.07) is 0. The average molecular weight is 223 g/mol. The number of rotatable bonds is 3. The van der Waals surface area contributed by atoms with Gasteiger partial charge in [0.2, 0.25) is 0 Å². The lowest BCUT2D eigenvalue weighted by molar-refractivity contribution is 0.442. The summed E-state index contributed by atoms with van der Waals surface area (Å²) in [6.07, 6.45) is 9.38. The fourth-order valence-corrected chi connectivity index (χ4v) is 3.58. The second-order valence-electron chi connectivity index (χ2n) is 4.64. The lowest BCUT2D eigenvalue weighted by Gasteiger charge is -2.18. The number of nitrogens with zero attached hydrogens (tertiary/aromatic N) is 1. The topological polar surface area (TPSA) is 12.9 Å². The van der Waals surface area contributed by atoms with Crippen LogP contribution in [0.4, 0.5) is 0 Å². The molecule has 2 rings (SSSR count). The van der Waals surface area contributed by atoms with Crippen molar-refractivity contribution in [2.75, 3.05) is 0 Å². The van der Waals surface area contributed by atoms with Crippen molar-refractivity contribution < 1.29 is 0 Å². The maximum Gasteiger partial charge on any atom is 0.0961 e. The largest absolute Gasteiger partial charge is 0.246 e. The Bertz CT molecular complexity index is 310. The molecule has 0 spiro atoms. The van der Waals surface area contributed by atoms with Crippen molar-refractivity contribution in [3.05, 3.63) is 15.6 Å². The first kappa shape index (κ1) is 11.1. The minimum atomic E-state index is 0.785. The molecule has 1 aromatic heterocycles. The van der Waals surface area contributed by atoms with Gasteiger partial charge in [0.05, 0.1) is 10.7 Å². The third-order valence-corrected chi connectivity index (χ3v) is 4.53. The van der Waals surface area contributed by atoms with Crippen molar-refractivity contribution in [3.63, 3.8) is 0 Å². The Morgan fingerprint density at radius 1 is 1.27 bits per heavy atom. The summed E-state index contributed by atoms with van der Waals surface area (Å²) in [5, 5.41) is 1.43. The summed E-state index contributed by atoms with van der Waals surface area (Å²) in [6.45, 7) is 4.47. The van der Waals surface area contributed by atoms with E-state index in [1.54, 1.807) is 0 Å². The van der Waals surface area contributed by atoms with Crippen molar-refractivity contribution in [3.8, 4) is 0 Å². The van der Waals surface area contributed by atoms with Gasteiger partial charge in [-0.05, 0) is 26.2 Å². The summed E-state index contributed by atoms with van der Waals surface area (Å²) in [4.78, 5) is 6.30. The molecule has 1 fully saturated rings. The number of hydrogen-bond acceptors (Lipinski definition) is 2. The lowest BCUT2D eigenvalue weighted by Crippen LogP contribution is -2.04. The van der Waals surface area contributed by atoms with Crippen molar-refractivity contribution >= 4 is 11.3 Å². The van der Waals surface area contributed by atoms with Crippen LogP contribution in [0.1, 0.15) is 66.9 Å². The maximum absolute atomic E-state index is 4.84. The first-order valence-electron chi connectivity index (χ1n) is 6.27. The predicted molar refractivity (Wildman–Crippen MR) is 66.7 cm³/mol. The van der Waals surface area contributed by atoms with Crippen LogP contribution in [0.3, 0.4) is 0 Å². The standard InChI is InChI=1S/C13H21NS/c1-3-7-12-10(2)15-13(14-12)11-8-5-4-6-9-11/h11H,3-9H2,1-2H3. The summed E-state index contributed by atoms with van der Waals surface area (Å²) >= 11 is 1.95. The van der Waals surface area contributed by atoms with E-state index < -0.39 is 0 Å². The highest BCUT2D eigenvalue weighted by molar-refractivity contribution is 7.11. The molecule has 1 aliphatic carbocycles. The molecule has 0 radical (unpaired) electrons. The minimum absolute atomic E-state index is 0.785.